The number of benzene rings is 2. The number of amides is 2. The van der Waals surface area contributed by atoms with Gasteiger partial charge in [0.2, 0.25) is 11.8 Å². The third kappa shape index (κ3) is 3.61. The van der Waals surface area contributed by atoms with E-state index in [9.17, 15) is 14.4 Å². The lowest BCUT2D eigenvalue weighted by Crippen LogP contribution is -2.50. The van der Waals surface area contributed by atoms with Crippen molar-refractivity contribution in [3.8, 4) is 0 Å². The van der Waals surface area contributed by atoms with Gasteiger partial charge >= 0.3 is 0 Å². The van der Waals surface area contributed by atoms with Gasteiger partial charge in [-0.15, -0.1) is 0 Å². The van der Waals surface area contributed by atoms with Crippen LogP contribution in [0.15, 0.2) is 66.9 Å². The molecule has 0 unspecified atom stereocenters. The minimum absolute atomic E-state index is 0.0184. The molecule has 6 nitrogen and oxygen atoms in total. The van der Waals surface area contributed by atoms with Crippen LogP contribution in [0.2, 0.25) is 0 Å². The molecular weight excluding hydrogens is 474 g/mol. The first-order valence-electron chi connectivity index (χ1n) is 13.6. The van der Waals surface area contributed by atoms with E-state index < -0.39 is 5.41 Å². The van der Waals surface area contributed by atoms with Crippen molar-refractivity contribution in [3.63, 3.8) is 0 Å². The average Bonchev–Trinajstić information content (AvgIpc) is 3.39. The Morgan fingerprint density at radius 1 is 1.08 bits per heavy atom. The fourth-order valence-electron chi connectivity index (χ4n) is 7.21. The lowest BCUT2D eigenvalue weighted by Gasteiger charge is -2.42. The van der Waals surface area contributed by atoms with Crippen LogP contribution in [-0.2, 0) is 21.4 Å². The number of likely N-dealkylation sites (tertiary alicyclic amines) is 1. The number of fused-ring (bicyclic) bond motifs is 3. The van der Waals surface area contributed by atoms with Crippen LogP contribution in [-0.4, -0.2) is 40.1 Å². The van der Waals surface area contributed by atoms with Gasteiger partial charge in [0, 0.05) is 54.1 Å². The second-order valence-corrected chi connectivity index (χ2v) is 11.1. The summed E-state index contributed by atoms with van der Waals surface area (Å²) in [7, 11) is 0. The number of nitrogens with one attached hydrogen (secondary N) is 1. The number of hydrogen-bond acceptors (Lipinski definition) is 4. The molecule has 194 valence electrons. The summed E-state index contributed by atoms with van der Waals surface area (Å²) in [5.41, 5.74) is 4.17. The van der Waals surface area contributed by atoms with E-state index in [1.807, 2.05) is 60.4 Å². The van der Waals surface area contributed by atoms with Crippen LogP contribution in [0.1, 0.15) is 78.1 Å². The van der Waals surface area contributed by atoms with E-state index in [4.69, 9.17) is 0 Å². The highest BCUT2D eigenvalue weighted by atomic mass is 16.2. The van der Waals surface area contributed by atoms with Crippen LogP contribution in [0.25, 0.3) is 0 Å². The van der Waals surface area contributed by atoms with Gasteiger partial charge in [-0.2, -0.15) is 0 Å². The smallest absolute Gasteiger partial charge is 0.237 e. The molecule has 3 aromatic rings. The summed E-state index contributed by atoms with van der Waals surface area (Å²) in [6.45, 7) is 6.83. The Hall–Kier alpha value is -3.80. The van der Waals surface area contributed by atoms with Gasteiger partial charge in [-0.1, -0.05) is 55.5 Å². The van der Waals surface area contributed by atoms with Crippen molar-refractivity contribution >= 4 is 23.4 Å². The average molecular weight is 508 g/mol. The largest absolute Gasteiger partial charge is 0.339 e. The van der Waals surface area contributed by atoms with Crippen LogP contribution in [0, 0.1) is 5.92 Å². The van der Waals surface area contributed by atoms with Gasteiger partial charge in [-0.3, -0.25) is 14.4 Å². The number of hydrogen-bond donors (Lipinski definition) is 1. The minimum atomic E-state index is -0.701. The fourth-order valence-corrected chi connectivity index (χ4v) is 7.21. The number of Topliss-reactive ketones (excluding diaryl/α,β-unsaturated/α-hetero) is 1. The Bertz CT molecular complexity index is 1430. The lowest BCUT2D eigenvalue weighted by molar-refractivity contribution is -0.142. The van der Waals surface area contributed by atoms with E-state index in [-0.39, 0.29) is 47.8 Å². The first-order chi connectivity index (χ1) is 18.3. The first-order valence-corrected chi connectivity index (χ1v) is 13.6. The summed E-state index contributed by atoms with van der Waals surface area (Å²) in [5.74, 6) is 0.473. The summed E-state index contributed by atoms with van der Waals surface area (Å²) in [5, 5.41) is 2.96. The number of rotatable bonds is 5. The van der Waals surface area contributed by atoms with Crippen LogP contribution in [0.3, 0.4) is 0 Å². The SMILES string of the molecule is CCN1C(=O)[C@@H](CC(=O)c2ccc3c(c2)C[C@]2(C(=O)Nc4ncccc42)[C@@H]3C)C[C@@H](c2ccccc2)[C@H]1C. The van der Waals surface area contributed by atoms with Gasteiger partial charge in [0.1, 0.15) is 5.82 Å². The van der Waals surface area contributed by atoms with Crippen molar-refractivity contribution in [2.45, 2.75) is 63.3 Å². The predicted octanol–water partition coefficient (Wildman–Crippen LogP) is 5.24. The molecule has 38 heavy (non-hydrogen) atoms. The molecule has 3 aliphatic rings. The molecule has 6 rings (SSSR count). The third-order valence-electron chi connectivity index (χ3n) is 9.31. The maximum Gasteiger partial charge on any atom is 0.237 e. The molecule has 6 heteroatoms. The van der Waals surface area contributed by atoms with Gasteiger partial charge < -0.3 is 10.2 Å². The topological polar surface area (TPSA) is 79.4 Å². The van der Waals surface area contributed by atoms with Crippen molar-refractivity contribution in [1.82, 2.24) is 9.88 Å². The number of aromatic nitrogens is 1. The predicted molar refractivity (Wildman–Crippen MR) is 146 cm³/mol. The molecule has 0 radical (unpaired) electrons. The van der Waals surface area contributed by atoms with Gasteiger partial charge in [0.05, 0.1) is 5.41 Å². The van der Waals surface area contributed by atoms with Gasteiger partial charge in [-0.25, -0.2) is 4.98 Å². The molecule has 0 bridgehead atoms. The number of likely N-dealkylation sites (N-methyl/N-ethyl adjacent to an activating group) is 1. The maximum absolute atomic E-state index is 13.6. The van der Waals surface area contributed by atoms with Gasteiger partial charge in [0.15, 0.2) is 5.78 Å². The molecule has 2 aromatic carbocycles. The molecule has 1 spiro atoms. The monoisotopic (exact) mass is 507 g/mol. The fraction of sp³-hybridized carbons (Fsp3) is 0.375. The summed E-state index contributed by atoms with van der Waals surface area (Å²) in [6, 6.07) is 20.1. The molecular formula is C32H33N3O3. The number of ketones is 1. The van der Waals surface area contributed by atoms with E-state index in [1.165, 1.54) is 5.56 Å². The lowest BCUT2D eigenvalue weighted by atomic mass is 9.73. The Balaban J connectivity index is 1.26. The molecule has 1 aromatic heterocycles. The second-order valence-electron chi connectivity index (χ2n) is 11.1. The minimum Gasteiger partial charge on any atom is -0.339 e. The van der Waals surface area contributed by atoms with E-state index in [1.54, 1.807) is 6.20 Å². The summed E-state index contributed by atoms with van der Waals surface area (Å²) in [6.07, 6.45) is 3.09. The Morgan fingerprint density at radius 2 is 1.87 bits per heavy atom. The number of carbonyl (C=O) groups is 3. The number of anilines is 1. The zero-order valence-corrected chi connectivity index (χ0v) is 22.1. The highest BCUT2D eigenvalue weighted by Gasteiger charge is 2.55. The van der Waals surface area contributed by atoms with Crippen LogP contribution < -0.4 is 5.32 Å². The van der Waals surface area contributed by atoms with Crippen LogP contribution in [0.4, 0.5) is 5.82 Å². The molecule has 1 aliphatic carbocycles. The Labute approximate surface area is 223 Å². The van der Waals surface area contributed by atoms with Crippen molar-refractivity contribution in [2.75, 3.05) is 11.9 Å². The molecule has 1 fully saturated rings. The molecule has 1 N–H and O–H groups in total. The van der Waals surface area contributed by atoms with E-state index in [2.05, 4.69) is 36.3 Å². The highest BCUT2D eigenvalue weighted by Crippen LogP contribution is 2.54. The summed E-state index contributed by atoms with van der Waals surface area (Å²) >= 11 is 0. The van der Waals surface area contributed by atoms with E-state index >= 15 is 0 Å². The van der Waals surface area contributed by atoms with Crippen molar-refractivity contribution in [2.24, 2.45) is 5.92 Å². The standard InChI is InChI=1S/C32H33N3O3/c1-4-35-20(3)26(21-9-6-5-7-10-21)16-23(30(35)37)17-28(36)22-12-13-25-19(2)32(18-24(25)15-22)27-11-8-14-33-29(27)34-31(32)38/h5-15,19-20,23,26H,4,16-18H2,1-3H3,(H,33,34,38)/t19-,20-,23-,26-,32+/m1/s1. The first kappa shape index (κ1) is 24.5. The highest BCUT2D eigenvalue weighted by molar-refractivity contribution is 6.07. The van der Waals surface area contributed by atoms with Gasteiger partial charge in [-0.05, 0) is 55.5 Å². The quantitative estimate of drug-likeness (QED) is 0.479. The molecule has 0 saturated carbocycles. The number of pyridine rings is 1. The maximum atomic E-state index is 13.6. The van der Waals surface area contributed by atoms with Crippen molar-refractivity contribution in [3.05, 3.63) is 94.7 Å². The normalized spacial score (nSPS) is 27.8. The second kappa shape index (κ2) is 9.19. The zero-order chi connectivity index (χ0) is 26.6. The Morgan fingerprint density at radius 3 is 2.63 bits per heavy atom. The van der Waals surface area contributed by atoms with E-state index in [0.29, 0.717) is 30.8 Å². The van der Waals surface area contributed by atoms with Crippen LogP contribution >= 0.6 is 0 Å². The van der Waals surface area contributed by atoms with Crippen LogP contribution in [0.5, 0.6) is 0 Å². The number of nitrogens with zero attached hydrogens (tertiary/aromatic N) is 2. The van der Waals surface area contributed by atoms with E-state index in [0.717, 1.165) is 16.7 Å². The summed E-state index contributed by atoms with van der Waals surface area (Å²) in [4.78, 5) is 46.5. The number of carbonyl (C=O) groups excluding carboxylic acids is 3. The molecule has 1 saturated heterocycles. The molecule has 5 atom stereocenters. The third-order valence-corrected chi connectivity index (χ3v) is 9.31. The zero-order valence-electron chi connectivity index (χ0n) is 22.1. The molecule has 3 heterocycles. The number of piperidine rings is 1. The summed E-state index contributed by atoms with van der Waals surface area (Å²) < 4.78 is 0. The van der Waals surface area contributed by atoms with Crippen molar-refractivity contribution < 1.29 is 14.4 Å². The molecule has 2 amide bonds. The molecule has 2 aliphatic heterocycles. The van der Waals surface area contributed by atoms with Gasteiger partial charge in [0.25, 0.3) is 0 Å². The Kier molecular flexibility index (Phi) is 5.93. The van der Waals surface area contributed by atoms with Crippen molar-refractivity contribution in [1.29, 1.82) is 0 Å².